The number of aromatic nitrogens is 1. The highest BCUT2D eigenvalue weighted by molar-refractivity contribution is 7.10. The molecule has 1 amide bonds. The van der Waals surface area contributed by atoms with E-state index in [0.29, 0.717) is 0 Å². The van der Waals surface area contributed by atoms with Crippen LogP contribution in [0.3, 0.4) is 0 Å². The Morgan fingerprint density at radius 3 is 2.63 bits per heavy atom. The van der Waals surface area contributed by atoms with E-state index in [1.807, 2.05) is 18.7 Å². The van der Waals surface area contributed by atoms with E-state index in [-0.39, 0.29) is 5.91 Å². The fourth-order valence-electron chi connectivity index (χ4n) is 4.08. The van der Waals surface area contributed by atoms with Gasteiger partial charge in [0.25, 0.3) is 5.91 Å². The molecule has 2 aliphatic heterocycles. The van der Waals surface area contributed by atoms with Gasteiger partial charge in [-0.15, -0.1) is 11.3 Å². The van der Waals surface area contributed by atoms with Crippen LogP contribution in [0.2, 0.25) is 0 Å². The molecule has 1 fully saturated rings. The Morgan fingerprint density at radius 1 is 1.19 bits per heavy atom. The highest BCUT2D eigenvalue weighted by Gasteiger charge is 2.28. The molecule has 0 bridgehead atoms. The van der Waals surface area contributed by atoms with Gasteiger partial charge in [0.05, 0.1) is 11.3 Å². The van der Waals surface area contributed by atoms with Crippen molar-refractivity contribution in [3.05, 3.63) is 38.4 Å². The predicted octanol–water partition coefficient (Wildman–Crippen LogP) is 2.69. The van der Waals surface area contributed by atoms with Gasteiger partial charge in [-0.2, -0.15) is 0 Å². The van der Waals surface area contributed by atoms with E-state index in [9.17, 15) is 4.79 Å². The predicted molar refractivity (Wildman–Crippen MR) is 106 cm³/mol. The molecule has 4 heterocycles. The van der Waals surface area contributed by atoms with Crippen LogP contribution < -0.4 is 0 Å². The smallest absolute Gasteiger partial charge is 0.255 e. The Hall–Kier alpha value is -1.70. The molecule has 4 rings (SSSR count). The number of nitrogens with zero attached hydrogens (tertiary/aromatic N) is 4. The summed E-state index contributed by atoms with van der Waals surface area (Å²) in [5.74, 6) is 1.13. The van der Waals surface area contributed by atoms with Crippen LogP contribution in [-0.2, 0) is 19.5 Å². The van der Waals surface area contributed by atoms with Crippen molar-refractivity contribution in [3.8, 4) is 0 Å². The minimum atomic E-state index is 0.224. The maximum atomic E-state index is 13.0. The van der Waals surface area contributed by atoms with Crippen LogP contribution in [-0.4, -0.2) is 65.0 Å². The normalized spacial score (nSPS) is 18.7. The van der Waals surface area contributed by atoms with Crippen molar-refractivity contribution in [1.82, 2.24) is 19.9 Å². The van der Waals surface area contributed by atoms with Gasteiger partial charge in [0.15, 0.2) is 0 Å². The number of fused-ring (bicyclic) bond motifs is 1. The van der Waals surface area contributed by atoms with E-state index in [0.717, 1.165) is 75.8 Å². The van der Waals surface area contributed by atoms with E-state index in [2.05, 4.69) is 27.3 Å². The largest absolute Gasteiger partial charge is 0.361 e. The molecular weight excluding hydrogens is 360 g/mol. The fourth-order valence-corrected chi connectivity index (χ4v) is 5.20. The molecular formula is C20H28N4O2S. The lowest BCUT2D eigenvalue weighted by molar-refractivity contribution is 0.0642. The molecule has 0 spiro atoms. The molecule has 0 aromatic carbocycles. The number of aryl methyl sites for hydroxylation is 2. The van der Waals surface area contributed by atoms with Crippen molar-refractivity contribution in [3.63, 3.8) is 0 Å². The van der Waals surface area contributed by atoms with Gasteiger partial charge in [-0.05, 0) is 32.4 Å². The number of amides is 1. The summed E-state index contributed by atoms with van der Waals surface area (Å²) in [6, 6.07) is 0. The van der Waals surface area contributed by atoms with Crippen molar-refractivity contribution in [2.24, 2.45) is 0 Å². The highest BCUT2D eigenvalue weighted by Crippen LogP contribution is 2.31. The first kappa shape index (κ1) is 18.7. The SMILES string of the molecule is CCN1CCN(C(=O)c2csc3c2CCN(Cc2c(C)noc2C)C3)CC1. The standard InChI is InChI=1S/C20H28N4O2S/c1-4-22-7-9-24(10-8-22)20(25)18-13-27-19-12-23(6-5-16(18)19)11-17-14(2)21-26-15(17)3/h13H,4-12H2,1-3H3. The van der Waals surface area contributed by atoms with Crippen LogP contribution in [0.25, 0.3) is 0 Å². The molecule has 2 aromatic heterocycles. The fraction of sp³-hybridized carbons (Fsp3) is 0.600. The van der Waals surface area contributed by atoms with Crippen molar-refractivity contribution in [2.45, 2.75) is 40.3 Å². The summed E-state index contributed by atoms with van der Waals surface area (Å²) in [4.78, 5) is 21.2. The Morgan fingerprint density at radius 2 is 1.96 bits per heavy atom. The van der Waals surface area contributed by atoms with E-state index in [1.165, 1.54) is 16.0 Å². The molecule has 1 saturated heterocycles. The third-order valence-corrected chi connectivity index (χ3v) is 6.94. The summed E-state index contributed by atoms with van der Waals surface area (Å²) in [5, 5.41) is 6.15. The second kappa shape index (κ2) is 7.73. The van der Waals surface area contributed by atoms with Crippen molar-refractivity contribution in [1.29, 1.82) is 0 Å². The van der Waals surface area contributed by atoms with Gasteiger partial charge in [0, 0.05) is 61.6 Å². The first-order valence-electron chi connectivity index (χ1n) is 9.81. The Bertz CT molecular complexity index is 801. The Kier molecular flexibility index (Phi) is 5.34. The topological polar surface area (TPSA) is 52.8 Å². The van der Waals surface area contributed by atoms with Gasteiger partial charge >= 0.3 is 0 Å². The Balaban J connectivity index is 1.43. The van der Waals surface area contributed by atoms with E-state index in [1.54, 1.807) is 11.3 Å². The van der Waals surface area contributed by atoms with Crippen LogP contribution in [0.5, 0.6) is 0 Å². The van der Waals surface area contributed by atoms with Crippen LogP contribution in [0, 0.1) is 13.8 Å². The summed E-state index contributed by atoms with van der Waals surface area (Å²) < 4.78 is 5.30. The molecule has 0 atom stereocenters. The number of hydrogen-bond donors (Lipinski definition) is 0. The summed E-state index contributed by atoms with van der Waals surface area (Å²) in [7, 11) is 0. The summed E-state index contributed by atoms with van der Waals surface area (Å²) in [6.07, 6.45) is 0.943. The third-order valence-electron chi connectivity index (χ3n) is 5.93. The van der Waals surface area contributed by atoms with Gasteiger partial charge in [-0.25, -0.2) is 0 Å². The number of likely N-dealkylation sites (N-methyl/N-ethyl adjacent to an activating group) is 1. The molecule has 0 saturated carbocycles. The molecule has 7 heteroatoms. The molecule has 27 heavy (non-hydrogen) atoms. The first-order chi connectivity index (χ1) is 13.1. The highest BCUT2D eigenvalue weighted by atomic mass is 32.1. The number of piperazine rings is 1. The minimum absolute atomic E-state index is 0.224. The number of carbonyl (C=O) groups excluding carboxylic acids is 1. The lowest BCUT2D eigenvalue weighted by Crippen LogP contribution is -2.48. The summed E-state index contributed by atoms with van der Waals surface area (Å²) in [5.41, 5.74) is 4.39. The van der Waals surface area contributed by atoms with Crippen molar-refractivity contribution >= 4 is 17.2 Å². The second-order valence-corrected chi connectivity index (χ2v) is 8.51. The summed E-state index contributed by atoms with van der Waals surface area (Å²) in [6.45, 7) is 13.6. The van der Waals surface area contributed by atoms with E-state index >= 15 is 0 Å². The average Bonchev–Trinajstić information content (AvgIpc) is 3.25. The lowest BCUT2D eigenvalue weighted by atomic mass is 10.0. The molecule has 146 valence electrons. The van der Waals surface area contributed by atoms with Crippen LogP contribution in [0.1, 0.15) is 44.7 Å². The van der Waals surface area contributed by atoms with Crippen LogP contribution >= 0.6 is 11.3 Å². The average molecular weight is 389 g/mol. The van der Waals surface area contributed by atoms with Gasteiger partial charge in [-0.1, -0.05) is 12.1 Å². The quantitative estimate of drug-likeness (QED) is 0.806. The van der Waals surface area contributed by atoms with Crippen LogP contribution in [0.4, 0.5) is 0 Å². The zero-order valence-electron chi connectivity index (χ0n) is 16.5. The van der Waals surface area contributed by atoms with Crippen molar-refractivity contribution in [2.75, 3.05) is 39.3 Å². The minimum Gasteiger partial charge on any atom is -0.361 e. The third kappa shape index (κ3) is 3.68. The van der Waals surface area contributed by atoms with Gasteiger partial charge in [0.2, 0.25) is 0 Å². The maximum absolute atomic E-state index is 13.0. The number of rotatable bonds is 4. The molecule has 0 unspecified atom stereocenters. The molecule has 2 aromatic rings. The first-order valence-corrected chi connectivity index (χ1v) is 10.7. The van der Waals surface area contributed by atoms with Gasteiger partial charge in [0.1, 0.15) is 5.76 Å². The lowest BCUT2D eigenvalue weighted by Gasteiger charge is -2.34. The second-order valence-electron chi connectivity index (χ2n) is 7.54. The monoisotopic (exact) mass is 388 g/mol. The molecule has 0 N–H and O–H groups in total. The molecule has 6 nitrogen and oxygen atoms in total. The molecule has 0 aliphatic carbocycles. The zero-order valence-corrected chi connectivity index (χ0v) is 17.3. The molecule has 0 radical (unpaired) electrons. The van der Waals surface area contributed by atoms with Gasteiger partial charge in [-0.3, -0.25) is 9.69 Å². The molecule has 2 aliphatic rings. The number of thiophene rings is 1. The van der Waals surface area contributed by atoms with Crippen LogP contribution in [0.15, 0.2) is 9.90 Å². The zero-order chi connectivity index (χ0) is 19.0. The van der Waals surface area contributed by atoms with Gasteiger partial charge < -0.3 is 14.3 Å². The maximum Gasteiger partial charge on any atom is 0.255 e. The summed E-state index contributed by atoms with van der Waals surface area (Å²) >= 11 is 1.74. The number of carbonyl (C=O) groups is 1. The van der Waals surface area contributed by atoms with E-state index in [4.69, 9.17) is 4.52 Å². The van der Waals surface area contributed by atoms with E-state index < -0.39 is 0 Å². The Labute approximate surface area is 164 Å². The number of hydrogen-bond acceptors (Lipinski definition) is 6. The van der Waals surface area contributed by atoms with Crippen molar-refractivity contribution < 1.29 is 9.32 Å².